The van der Waals surface area contributed by atoms with Gasteiger partial charge in [-0.1, -0.05) is 29.8 Å². The number of aryl methyl sites for hydroxylation is 4. The third-order valence-electron chi connectivity index (χ3n) is 6.27. The number of rotatable bonds is 4. The molecule has 2 aromatic rings. The van der Waals surface area contributed by atoms with Crippen molar-refractivity contribution >= 4 is 23.1 Å². The van der Waals surface area contributed by atoms with Gasteiger partial charge in [-0.2, -0.15) is 0 Å². The van der Waals surface area contributed by atoms with Crippen LogP contribution in [0.25, 0.3) is 5.57 Å². The van der Waals surface area contributed by atoms with E-state index in [2.05, 4.69) is 0 Å². The summed E-state index contributed by atoms with van der Waals surface area (Å²) in [4.78, 5) is 30.8. The van der Waals surface area contributed by atoms with Crippen LogP contribution in [0, 0.1) is 33.6 Å². The van der Waals surface area contributed by atoms with Crippen molar-refractivity contribution in [2.75, 3.05) is 24.6 Å². The van der Waals surface area contributed by atoms with E-state index in [0.29, 0.717) is 30.0 Å². The number of nitrogens with zero attached hydrogens (tertiary/aromatic N) is 2. The van der Waals surface area contributed by atoms with E-state index in [1.165, 1.54) is 4.90 Å². The lowest BCUT2D eigenvalue weighted by molar-refractivity contribution is -0.120. The molecular formula is C26H30N2O3. The van der Waals surface area contributed by atoms with Crippen molar-refractivity contribution < 1.29 is 14.7 Å². The Bertz CT molecular complexity index is 1070. The van der Waals surface area contributed by atoms with Crippen molar-refractivity contribution in [3.05, 3.63) is 69.9 Å². The maximum Gasteiger partial charge on any atom is 0.282 e. The van der Waals surface area contributed by atoms with Gasteiger partial charge in [0, 0.05) is 19.7 Å². The van der Waals surface area contributed by atoms with Gasteiger partial charge >= 0.3 is 0 Å². The lowest BCUT2D eigenvalue weighted by atomic mass is 9.95. The van der Waals surface area contributed by atoms with Gasteiger partial charge in [-0.3, -0.25) is 9.59 Å². The molecule has 5 heteroatoms. The second-order valence-electron chi connectivity index (χ2n) is 8.97. The summed E-state index contributed by atoms with van der Waals surface area (Å²) in [5, 5.41) is 9.71. The second kappa shape index (κ2) is 8.31. The third-order valence-corrected chi connectivity index (χ3v) is 6.27. The summed E-state index contributed by atoms with van der Waals surface area (Å²) in [7, 11) is 0. The van der Waals surface area contributed by atoms with Crippen molar-refractivity contribution in [2.45, 2.75) is 40.5 Å². The first kappa shape index (κ1) is 21.3. The number of piperidine rings is 1. The molecule has 5 nitrogen and oxygen atoms in total. The lowest BCUT2D eigenvalue weighted by Crippen LogP contribution is -2.40. The zero-order valence-electron chi connectivity index (χ0n) is 18.7. The Kier molecular flexibility index (Phi) is 5.71. The Morgan fingerprint density at radius 2 is 1.65 bits per heavy atom. The topological polar surface area (TPSA) is 60.9 Å². The summed E-state index contributed by atoms with van der Waals surface area (Å²) < 4.78 is 0. The smallest absolute Gasteiger partial charge is 0.282 e. The predicted octanol–water partition coefficient (Wildman–Crippen LogP) is 3.91. The lowest BCUT2D eigenvalue weighted by Gasteiger charge is -2.34. The molecule has 2 aliphatic heterocycles. The van der Waals surface area contributed by atoms with Crippen LogP contribution >= 0.6 is 0 Å². The molecule has 1 saturated heterocycles. The van der Waals surface area contributed by atoms with Crippen LogP contribution in [0.5, 0.6) is 0 Å². The number of likely N-dealkylation sites (tertiary alicyclic amines) is 1. The van der Waals surface area contributed by atoms with Crippen molar-refractivity contribution in [1.82, 2.24) is 4.90 Å². The first-order valence-corrected chi connectivity index (χ1v) is 10.9. The van der Waals surface area contributed by atoms with Gasteiger partial charge in [0.15, 0.2) is 0 Å². The molecule has 0 saturated carbocycles. The average molecular weight is 419 g/mol. The quantitative estimate of drug-likeness (QED) is 0.765. The summed E-state index contributed by atoms with van der Waals surface area (Å²) in [5.74, 6) is -0.438. The number of hydrogen-bond donors (Lipinski definition) is 1. The normalized spacial score (nSPS) is 19.6. The minimum atomic E-state index is -0.275. The number of imide groups is 1. The van der Waals surface area contributed by atoms with Crippen molar-refractivity contribution in [1.29, 1.82) is 0 Å². The Hall–Kier alpha value is -2.92. The van der Waals surface area contributed by atoms with E-state index in [-0.39, 0.29) is 24.3 Å². The first-order valence-electron chi connectivity index (χ1n) is 10.9. The van der Waals surface area contributed by atoms with Gasteiger partial charge in [0.1, 0.15) is 5.70 Å². The molecule has 0 spiro atoms. The molecule has 2 heterocycles. The molecule has 1 N–H and O–H groups in total. The Morgan fingerprint density at radius 3 is 2.29 bits per heavy atom. The van der Waals surface area contributed by atoms with Gasteiger partial charge in [-0.05, 0) is 80.8 Å². The molecule has 1 fully saturated rings. The molecule has 2 aromatic carbocycles. The zero-order chi connectivity index (χ0) is 22.3. The van der Waals surface area contributed by atoms with Gasteiger partial charge < -0.3 is 10.0 Å². The van der Waals surface area contributed by atoms with E-state index in [1.807, 2.05) is 69.0 Å². The van der Waals surface area contributed by atoms with Crippen molar-refractivity contribution in [3.8, 4) is 0 Å². The van der Waals surface area contributed by atoms with Gasteiger partial charge in [-0.25, -0.2) is 4.90 Å². The third kappa shape index (κ3) is 3.90. The summed E-state index contributed by atoms with van der Waals surface area (Å²) in [6.07, 6.45) is 1.82. The summed E-state index contributed by atoms with van der Waals surface area (Å²) in [6, 6.07) is 11.8. The maximum absolute atomic E-state index is 13.8. The minimum absolute atomic E-state index is 0.0889. The molecule has 0 aliphatic carbocycles. The molecule has 31 heavy (non-hydrogen) atoms. The largest absolute Gasteiger partial charge is 0.396 e. The summed E-state index contributed by atoms with van der Waals surface area (Å²) in [6.45, 7) is 9.32. The summed E-state index contributed by atoms with van der Waals surface area (Å²) >= 11 is 0. The van der Waals surface area contributed by atoms with Gasteiger partial charge in [-0.15, -0.1) is 0 Å². The fourth-order valence-electron chi connectivity index (χ4n) is 4.88. The number of aliphatic hydroxyl groups excluding tert-OH is 1. The maximum atomic E-state index is 13.8. The number of anilines is 1. The molecular weight excluding hydrogens is 388 g/mol. The Labute approximate surface area is 184 Å². The Morgan fingerprint density at radius 1 is 0.935 bits per heavy atom. The molecule has 0 radical (unpaired) electrons. The molecule has 162 valence electrons. The highest BCUT2D eigenvalue weighted by Crippen LogP contribution is 2.38. The number of aliphatic hydroxyl groups is 1. The molecule has 0 bridgehead atoms. The van der Waals surface area contributed by atoms with E-state index in [1.54, 1.807) is 0 Å². The van der Waals surface area contributed by atoms with Crippen LogP contribution in [0.3, 0.4) is 0 Å². The number of benzene rings is 2. The van der Waals surface area contributed by atoms with Crippen LogP contribution in [0.4, 0.5) is 5.69 Å². The van der Waals surface area contributed by atoms with Gasteiger partial charge in [0.2, 0.25) is 0 Å². The average Bonchev–Trinajstić information content (AvgIpc) is 2.97. The van der Waals surface area contributed by atoms with E-state index in [0.717, 1.165) is 40.7 Å². The molecule has 2 amide bonds. The summed E-state index contributed by atoms with van der Waals surface area (Å²) in [5.41, 5.74) is 6.47. The predicted molar refractivity (Wildman–Crippen MR) is 123 cm³/mol. The molecule has 1 unspecified atom stereocenters. The van der Waals surface area contributed by atoms with E-state index < -0.39 is 0 Å². The molecule has 0 aromatic heterocycles. The number of carbonyl (C=O) groups excluding carboxylic acids is 2. The zero-order valence-corrected chi connectivity index (χ0v) is 18.7. The fourth-order valence-corrected chi connectivity index (χ4v) is 4.88. The van der Waals surface area contributed by atoms with Crippen LogP contribution < -0.4 is 4.90 Å². The van der Waals surface area contributed by atoms with E-state index >= 15 is 0 Å². The molecule has 2 aliphatic rings. The number of amides is 2. The van der Waals surface area contributed by atoms with Crippen LogP contribution in [0.15, 0.2) is 42.1 Å². The van der Waals surface area contributed by atoms with Gasteiger partial charge in [0.05, 0.1) is 11.3 Å². The number of carbonyl (C=O) groups is 2. The standard InChI is InChI=1S/C26H30N2O3/c1-16-7-8-22(19(4)11-16)23-24(27-9-5-6-20(14-27)15-29)26(31)28(25(23)30)21-12-17(2)10-18(3)13-21/h7-8,10-13,20,29H,5-6,9,14-15H2,1-4H3. The molecule has 1 atom stereocenters. The van der Waals surface area contributed by atoms with E-state index in [9.17, 15) is 14.7 Å². The molecule has 4 rings (SSSR count). The highest BCUT2D eigenvalue weighted by molar-refractivity contribution is 6.45. The van der Waals surface area contributed by atoms with Crippen molar-refractivity contribution in [2.24, 2.45) is 5.92 Å². The fraction of sp³-hybridized carbons (Fsp3) is 0.385. The van der Waals surface area contributed by atoms with Crippen LogP contribution in [0.2, 0.25) is 0 Å². The van der Waals surface area contributed by atoms with Crippen molar-refractivity contribution in [3.63, 3.8) is 0 Å². The highest BCUT2D eigenvalue weighted by atomic mass is 16.3. The van der Waals surface area contributed by atoms with Crippen LogP contribution in [-0.4, -0.2) is 41.5 Å². The van der Waals surface area contributed by atoms with E-state index in [4.69, 9.17) is 0 Å². The van der Waals surface area contributed by atoms with Crippen LogP contribution in [0.1, 0.15) is 40.7 Å². The minimum Gasteiger partial charge on any atom is -0.396 e. The van der Waals surface area contributed by atoms with Crippen LogP contribution in [-0.2, 0) is 9.59 Å². The monoisotopic (exact) mass is 418 g/mol. The first-order chi connectivity index (χ1) is 14.8. The van der Waals surface area contributed by atoms with Gasteiger partial charge in [0.25, 0.3) is 11.8 Å². The highest BCUT2D eigenvalue weighted by Gasteiger charge is 2.43. The number of hydrogen-bond acceptors (Lipinski definition) is 4. The SMILES string of the molecule is Cc1cc(C)cc(N2C(=O)C(c3ccc(C)cc3C)=C(N3CCCC(CO)C3)C2=O)c1. The second-order valence-corrected chi connectivity index (χ2v) is 8.97. The Balaban J connectivity index is 1.87.